The molecule has 22 heavy (non-hydrogen) atoms. The molecule has 2 heterocycles. The van der Waals surface area contributed by atoms with E-state index in [9.17, 15) is 14.4 Å². The van der Waals surface area contributed by atoms with Crippen molar-refractivity contribution in [2.75, 3.05) is 5.73 Å². The summed E-state index contributed by atoms with van der Waals surface area (Å²) >= 11 is 5.93. The van der Waals surface area contributed by atoms with Gasteiger partial charge < -0.3 is 5.73 Å². The van der Waals surface area contributed by atoms with Crippen LogP contribution in [0.25, 0.3) is 10.9 Å². The molecule has 2 aromatic rings. The predicted octanol–water partition coefficient (Wildman–Crippen LogP) is 0.918. The number of piperidine rings is 1. The second kappa shape index (κ2) is 5.10. The van der Waals surface area contributed by atoms with Crippen molar-refractivity contribution in [1.82, 2.24) is 14.9 Å². The maximum Gasteiger partial charge on any atom is 0.264 e. The van der Waals surface area contributed by atoms with E-state index in [1.165, 1.54) is 10.6 Å². The maximum absolute atomic E-state index is 12.7. The number of hydrogen-bond donors (Lipinski definition) is 2. The Kier molecular flexibility index (Phi) is 3.37. The Morgan fingerprint density at radius 2 is 2.09 bits per heavy atom. The summed E-state index contributed by atoms with van der Waals surface area (Å²) < 4.78 is 1.29. The molecule has 1 atom stereocenters. The summed E-state index contributed by atoms with van der Waals surface area (Å²) in [6.45, 7) is 1.63. The lowest BCUT2D eigenvalue weighted by Crippen LogP contribution is -2.45. The predicted molar refractivity (Wildman–Crippen MR) is 81.6 cm³/mol. The van der Waals surface area contributed by atoms with E-state index < -0.39 is 17.5 Å². The number of imide groups is 1. The SMILES string of the molecule is Cc1nc2cc(Cl)cc(N)c2c(=O)n1[C@@H]1CCC(=O)NC1=O. The van der Waals surface area contributed by atoms with Gasteiger partial charge in [0.15, 0.2) is 0 Å². The maximum atomic E-state index is 12.7. The lowest BCUT2D eigenvalue weighted by atomic mass is 10.1. The van der Waals surface area contributed by atoms with E-state index in [2.05, 4.69) is 10.3 Å². The van der Waals surface area contributed by atoms with Crippen molar-refractivity contribution >= 4 is 40.0 Å². The molecular formula is C14H13ClN4O3. The van der Waals surface area contributed by atoms with Crippen LogP contribution in [-0.4, -0.2) is 21.4 Å². The van der Waals surface area contributed by atoms with E-state index in [1.807, 2.05) is 0 Å². The van der Waals surface area contributed by atoms with Crippen LogP contribution >= 0.6 is 11.6 Å². The number of rotatable bonds is 1. The summed E-state index contributed by atoms with van der Waals surface area (Å²) in [6, 6.07) is 2.25. The van der Waals surface area contributed by atoms with Gasteiger partial charge in [-0.05, 0) is 25.5 Å². The van der Waals surface area contributed by atoms with Crippen LogP contribution in [0.4, 0.5) is 5.69 Å². The standard InChI is InChI=1S/C14H13ClN4O3/c1-6-17-9-5-7(15)4-8(16)12(9)14(22)19(6)10-2-3-11(20)18-13(10)21/h4-5,10H,2-3,16H2,1H3,(H,18,20,21)/t10-/m1/s1. The fourth-order valence-corrected chi connectivity index (χ4v) is 2.95. The van der Waals surface area contributed by atoms with Crippen LogP contribution in [0, 0.1) is 6.92 Å². The van der Waals surface area contributed by atoms with Crippen LogP contribution in [-0.2, 0) is 9.59 Å². The molecule has 7 nitrogen and oxygen atoms in total. The van der Waals surface area contributed by atoms with Gasteiger partial charge in [0.25, 0.3) is 5.56 Å². The van der Waals surface area contributed by atoms with Crippen molar-refractivity contribution in [1.29, 1.82) is 0 Å². The van der Waals surface area contributed by atoms with Gasteiger partial charge in [0.2, 0.25) is 11.8 Å². The van der Waals surface area contributed by atoms with Crippen molar-refractivity contribution in [3.8, 4) is 0 Å². The minimum atomic E-state index is -0.767. The summed E-state index contributed by atoms with van der Waals surface area (Å²) in [7, 11) is 0. The number of aromatic nitrogens is 2. The minimum absolute atomic E-state index is 0.177. The minimum Gasteiger partial charge on any atom is -0.398 e. The van der Waals surface area contributed by atoms with Crippen molar-refractivity contribution in [3.05, 3.63) is 33.3 Å². The normalized spacial score (nSPS) is 18.5. The van der Waals surface area contributed by atoms with Crippen LogP contribution in [0.3, 0.4) is 0 Å². The number of carbonyl (C=O) groups excluding carboxylic acids is 2. The smallest absolute Gasteiger partial charge is 0.264 e. The highest BCUT2D eigenvalue weighted by Crippen LogP contribution is 2.24. The summed E-state index contributed by atoms with van der Waals surface area (Å²) in [6.07, 6.45) is 0.433. The third-order valence-electron chi connectivity index (χ3n) is 3.70. The Hall–Kier alpha value is -2.41. The molecule has 0 bridgehead atoms. The fourth-order valence-electron chi connectivity index (χ4n) is 2.73. The lowest BCUT2D eigenvalue weighted by Gasteiger charge is -2.24. The number of nitrogens with two attached hydrogens (primary N) is 1. The number of nitrogens with zero attached hydrogens (tertiary/aromatic N) is 2. The van der Waals surface area contributed by atoms with Crippen molar-refractivity contribution in [3.63, 3.8) is 0 Å². The largest absolute Gasteiger partial charge is 0.398 e. The topological polar surface area (TPSA) is 107 Å². The number of anilines is 1. The Morgan fingerprint density at radius 1 is 1.36 bits per heavy atom. The molecule has 114 valence electrons. The Bertz CT molecular complexity index is 874. The van der Waals surface area contributed by atoms with Gasteiger partial charge in [-0.15, -0.1) is 0 Å². The van der Waals surface area contributed by atoms with Gasteiger partial charge >= 0.3 is 0 Å². The molecule has 1 saturated heterocycles. The quantitative estimate of drug-likeness (QED) is 0.600. The van der Waals surface area contributed by atoms with Gasteiger partial charge in [-0.1, -0.05) is 11.6 Å². The highest BCUT2D eigenvalue weighted by molar-refractivity contribution is 6.31. The molecule has 2 amide bonds. The molecule has 1 fully saturated rings. The first-order chi connectivity index (χ1) is 10.4. The number of carbonyl (C=O) groups is 2. The third kappa shape index (κ3) is 2.23. The van der Waals surface area contributed by atoms with Crippen LogP contribution in [0.15, 0.2) is 16.9 Å². The monoisotopic (exact) mass is 320 g/mol. The number of hydrogen-bond acceptors (Lipinski definition) is 5. The molecule has 1 aliphatic rings. The zero-order valence-electron chi connectivity index (χ0n) is 11.7. The van der Waals surface area contributed by atoms with Crippen LogP contribution in [0.2, 0.25) is 5.02 Å². The number of benzene rings is 1. The van der Waals surface area contributed by atoms with Gasteiger partial charge in [-0.25, -0.2) is 4.98 Å². The van der Waals surface area contributed by atoms with Crippen molar-refractivity contribution in [2.24, 2.45) is 0 Å². The number of nitrogen functional groups attached to an aromatic ring is 1. The number of amides is 2. The van der Waals surface area contributed by atoms with Gasteiger partial charge in [-0.3, -0.25) is 24.3 Å². The molecule has 0 saturated carbocycles. The van der Waals surface area contributed by atoms with E-state index in [-0.39, 0.29) is 29.8 Å². The van der Waals surface area contributed by atoms with Gasteiger partial charge in [0.1, 0.15) is 11.9 Å². The first-order valence-corrected chi connectivity index (χ1v) is 7.08. The zero-order chi connectivity index (χ0) is 16.0. The van der Waals surface area contributed by atoms with Gasteiger partial charge in [-0.2, -0.15) is 0 Å². The van der Waals surface area contributed by atoms with Crippen LogP contribution < -0.4 is 16.6 Å². The Labute approximate surface area is 130 Å². The summed E-state index contributed by atoms with van der Waals surface area (Å²) in [5, 5.41) is 2.84. The highest BCUT2D eigenvalue weighted by atomic mass is 35.5. The summed E-state index contributed by atoms with van der Waals surface area (Å²) in [4.78, 5) is 40.3. The zero-order valence-corrected chi connectivity index (χ0v) is 12.5. The van der Waals surface area contributed by atoms with Crippen LogP contribution in [0.1, 0.15) is 24.7 Å². The lowest BCUT2D eigenvalue weighted by molar-refractivity contribution is -0.135. The first-order valence-electron chi connectivity index (χ1n) is 6.70. The van der Waals surface area contributed by atoms with E-state index in [1.54, 1.807) is 13.0 Å². The summed E-state index contributed by atoms with van der Waals surface area (Å²) in [5.41, 5.74) is 6.05. The van der Waals surface area contributed by atoms with E-state index in [0.717, 1.165) is 0 Å². The molecule has 0 radical (unpaired) electrons. The van der Waals surface area contributed by atoms with Gasteiger partial charge in [0, 0.05) is 17.1 Å². The average Bonchev–Trinajstić information content (AvgIpc) is 2.39. The van der Waals surface area contributed by atoms with Crippen LogP contribution in [0.5, 0.6) is 0 Å². The molecule has 1 aliphatic heterocycles. The molecule has 3 rings (SSSR count). The third-order valence-corrected chi connectivity index (χ3v) is 3.92. The molecule has 0 aliphatic carbocycles. The second-order valence-electron chi connectivity index (χ2n) is 5.19. The van der Waals surface area contributed by atoms with E-state index >= 15 is 0 Å². The number of aryl methyl sites for hydroxylation is 1. The van der Waals surface area contributed by atoms with E-state index in [0.29, 0.717) is 16.4 Å². The molecule has 0 spiro atoms. The number of fused-ring (bicyclic) bond motifs is 1. The average molecular weight is 321 g/mol. The number of halogens is 1. The van der Waals surface area contributed by atoms with Crippen molar-refractivity contribution in [2.45, 2.75) is 25.8 Å². The van der Waals surface area contributed by atoms with Gasteiger partial charge in [0.05, 0.1) is 10.9 Å². The summed E-state index contributed by atoms with van der Waals surface area (Å²) in [5.74, 6) is -0.476. The molecule has 3 N–H and O–H groups in total. The fraction of sp³-hybridized carbons (Fsp3) is 0.286. The molecule has 1 aromatic carbocycles. The molecule has 0 unspecified atom stereocenters. The number of nitrogens with one attached hydrogen (secondary N) is 1. The molecular weight excluding hydrogens is 308 g/mol. The second-order valence-corrected chi connectivity index (χ2v) is 5.63. The molecule has 1 aromatic heterocycles. The van der Waals surface area contributed by atoms with E-state index in [4.69, 9.17) is 17.3 Å². The Morgan fingerprint density at radius 3 is 2.77 bits per heavy atom. The first kappa shape index (κ1) is 14.5. The molecule has 8 heteroatoms. The highest BCUT2D eigenvalue weighted by Gasteiger charge is 2.30. The Balaban J connectivity index is 2.25. The van der Waals surface area contributed by atoms with Crippen molar-refractivity contribution < 1.29 is 9.59 Å².